The summed E-state index contributed by atoms with van der Waals surface area (Å²) in [6.07, 6.45) is 15.6. The quantitative estimate of drug-likeness (QED) is 0.386. The second kappa shape index (κ2) is 10.1. The van der Waals surface area contributed by atoms with E-state index in [0.717, 1.165) is 12.0 Å². The third-order valence-corrected chi connectivity index (χ3v) is 7.31. The van der Waals surface area contributed by atoms with E-state index in [1.165, 1.54) is 56.9 Å². The van der Waals surface area contributed by atoms with Gasteiger partial charge in [0.05, 0.1) is 6.61 Å². The molecular weight excluding hydrogens is 378 g/mol. The normalized spacial score (nSPS) is 26.9. The topological polar surface area (TPSA) is 9.23 Å². The van der Waals surface area contributed by atoms with Gasteiger partial charge in [0, 0.05) is 5.56 Å². The summed E-state index contributed by atoms with van der Waals surface area (Å²) in [5, 5.41) is 0. The molecule has 0 aromatic heterocycles. The van der Waals surface area contributed by atoms with Crippen LogP contribution in [0.2, 0.25) is 0 Å². The van der Waals surface area contributed by atoms with Crippen molar-refractivity contribution in [1.29, 1.82) is 0 Å². The average molecular weight is 417 g/mol. The minimum atomic E-state index is -0.883. The Morgan fingerprint density at radius 3 is 2.40 bits per heavy atom. The van der Waals surface area contributed by atoms with Crippen molar-refractivity contribution in [3.63, 3.8) is 0 Å². The van der Waals surface area contributed by atoms with Gasteiger partial charge in [-0.15, -0.1) is 0 Å². The zero-order valence-corrected chi connectivity index (χ0v) is 19.2. The van der Waals surface area contributed by atoms with Crippen LogP contribution in [0.5, 0.6) is 5.75 Å². The number of halogens is 2. The zero-order chi connectivity index (χ0) is 21.7. The predicted octanol–water partition coefficient (Wildman–Crippen LogP) is 8.49. The number of hydrogen-bond acceptors (Lipinski definition) is 1. The molecule has 1 fully saturated rings. The van der Waals surface area contributed by atoms with E-state index in [1.54, 1.807) is 19.1 Å². The maximum atomic E-state index is 14.7. The van der Waals surface area contributed by atoms with E-state index in [0.29, 0.717) is 23.5 Å². The Kier molecular flexibility index (Phi) is 7.76. The molecule has 2 aliphatic carbocycles. The number of rotatable bonds is 8. The van der Waals surface area contributed by atoms with Crippen molar-refractivity contribution >= 4 is 5.57 Å². The van der Waals surface area contributed by atoms with Crippen LogP contribution < -0.4 is 4.74 Å². The maximum Gasteiger partial charge on any atom is 0.201 e. The molecule has 1 atom stereocenters. The molecule has 0 aliphatic heterocycles. The van der Waals surface area contributed by atoms with Crippen LogP contribution in [0, 0.1) is 28.9 Å². The Labute approximate surface area is 181 Å². The molecule has 1 aromatic carbocycles. The highest BCUT2D eigenvalue weighted by Crippen LogP contribution is 2.47. The lowest BCUT2D eigenvalue weighted by molar-refractivity contribution is 0.164. The van der Waals surface area contributed by atoms with Crippen molar-refractivity contribution in [3.8, 4) is 5.75 Å². The summed E-state index contributed by atoms with van der Waals surface area (Å²) in [5.41, 5.74) is 3.26. The van der Waals surface area contributed by atoms with Crippen LogP contribution >= 0.6 is 0 Å². The Morgan fingerprint density at radius 2 is 1.77 bits per heavy atom. The molecule has 0 radical (unpaired) electrons. The Morgan fingerprint density at radius 1 is 1.03 bits per heavy atom. The fourth-order valence-corrected chi connectivity index (χ4v) is 5.31. The minimum Gasteiger partial charge on any atom is -0.491 e. The molecule has 1 aromatic rings. The Hall–Kier alpha value is -1.64. The summed E-state index contributed by atoms with van der Waals surface area (Å²) >= 11 is 0. The Balaban J connectivity index is 1.70. The number of unbranched alkanes of at least 4 members (excludes halogenated alkanes) is 2. The fraction of sp³-hybridized carbons (Fsp3) is 0.630. The van der Waals surface area contributed by atoms with Gasteiger partial charge >= 0.3 is 0 Å². The first-order chi connectivity index (χ1) is 14.4. The third kappa shape index (κ3) is 5.15. The van der Waals surface area contributed by atoms with Crippen LogP contribution in [0.25, 0.3) is 5.57 Å². The van der Waals surface area contributed by atoms with Crippen LogP contribution in [0.3, 0.4) is 0 Å². The molecular formula is C27H38F2O. The first kappa shape index (κ1) is 23.0. The van der Waals surface area contributed by atoms with Gasteiger partial charge in [-0.1, -0.05) is 57.8 Å². The van der Waals surface area contributed by atoms with Crippen LogP contribution in [0.4, 0.5) is 8.78 Å². The van der Waals surface area contributed by atoms with Crippen LogP contribution in [0.15, 0.2) is 29.9 Å². The fourth-order valence-electron chi connectivity index (χ4n) is 5.31. The molecule has 0 amide bonds. The molecule has 30 heavy (non-hydrogen) atoms. The van der Waals surface area contributed by atoms with Gasteiger partial charge in [0.2, 0.25) is 5.82 Å². The molecule has 2 aliphatic rings. The maximum absolute atomic E-state index is 14.7. The smallest absolute Gasteiger partial charge is 0.201 e. The van der Waals surface area contributed by atoms with E-state index >= 15 is 0 Å². The highest BCUT2D eigenvalue weighted by atomic mass is 19.2. The Bertz CT molecular complexity index is 784. The molecule has 0 bridgehead atoms. The van der Waals surface area contributed by atoms with Crippen molar-refractivity contribution in [1.82, 2.24) is 0 Å². The van der Waals surface area contributed by atoms with E-state index in [9.17, 15) is 8.78 Å². The molecule has 1 saturated carbocycles. The standard InChI is InChI=1S/C27H38F2O/c1-5-7-8-15-27(4)16-13-20(14-17-27)21-9-10-22(19(3)18-21)23-11-12-24(30-6-2)26(29)25(23)28/h9-12,19-20H,5-8,13-18H2,1-4H3. The molecule has 3 rings (SSSR count). The SMILES string of the molecule is CCCCCC1(C)CCC(C2=CC=C(c3ccc(OCC)c(F)c3F)C(C)C2)CC1. The van der Waals surface area contributed by atoms with E-state index in [-0.39, 0.29) is 11.7 Å². The van der Waals surface area contributed by atoms with Gasteiger partial charge in [-0.3, -0.25) is 0 Å². The molecule has 166 valence electrons. The molecule has 1 unspecified atom stereocenters. The van der Waals surface area contributed by atoms with Gasteiger partial charge in [-0.2, -0.15) is 4.39 Å². The lowest BCUT2D eigenvalue weighted by Gasteiger charge is -2.39. The van der Waals surface area contributed by atoms with Gasteiger partial charge in [0.25, 0.3) is 0 Å². The highest BCUT2D eigenvalue weighted by Gasteiger charge is 2.33. The van der Waals surface area contributed by atoms with E-state index < -0.39 is 11.6 Å². The summed E-state index contributed by atoms with van der Waals surface area (Å²) in [4.78, 5) is 0. The number of allylic oxidation sites excluding steroid dienone is 4. The van der Waals surface area contributed by atoms with E-state index in [1.807, 2.05) is 6.08 Å². The summed E-state index contributed by atoms with van der Waals surface area (Å²) in [5.74, 6) is -0.854. The van der Waals surface area contributed by atoms with E-state index in [4.69, 9.17) is 4.74 Å². The largest absolute Gasteiger partial charge is 0.491 e. The van der Waals surface area contributed by atoms with Gasteiger partial charge in [-0.05, 0) is 80.4 Å². The lowest BCUT2D eigenvalue weighted by atomic mass is 9.66. The molecule has 1 nitrogen and oxygen atoms in total. The monoisotopic (exact) mass is 416 g/mol. The van der Waals surface area contributed by atoms with Crippen LogP contribution in [0.1, 0.15) is 91.0 Å². The molecule has 0 spiro atoms. The second-order valence-electron chi connectivity index (χ2n) is 9.68. The first-order valence-corrected chi connectivity index (χ1v) is 11.9. The summed E-state index contributed by atoms with van der Waals surface area (Å²) in [7, 11) is 0. The van der Waals surface area contributed by atoms with Crippen molar-refractivity contribution in [2.24, 2.45) is 17.3 Å². The van der Waals surface area contributed by atoms with Gasteiger partial charge < -0.3 is 4.74 Å². The average Bonchev–Trinajstić information content (AvgIpc) is 2.73. The van der Waals surface area contributed by atoms with Gasteiger partial charge in [0.15, 0.2) is 11.6 Å². The van der Waals surface area contributed by atoms with Crippen LogP contribution in [-0.2, 0) is 0 Å². The summed E-state index contributed by atoms with van der Waals surface area (Å²) < 4.78 is 34.2. The van der Waals surface area contributed by atoms with Crippen molar-refractivity contribution in [3.05, 3.63) is 47.1 Å². The van der Waals surface area contributed by atoms with Crippen molar-refractivity contribution < 1.29 is 13.5 Å². The number of hydrogen-bond donors (Lipinski definition) is 0. The van der Waals surface area contributed by atoms with Crippen LogP contribution in [-0.4, -0.2) is 6.61 Å². The molecule has 3 heteroatoms. The lowest BCUT2D eigenvalue weighted by Crippen LogP contribution is -2.26. The predicted molar refractivity (Wildman–Crippen MR) is 122 cm³/mol. The summed E-state index contributed by atoms with van der Waals surface area (Å²) in [6.45, 7) is 8.95. The number of ether oxygens (including phenoxy) is 1. The third-order valence-electron chi connectivity index (χ3n) is 7.31. The van der Waals surface area contributed by atoms with Crippen molar-refractivity contribution in [2.75, 3.05) is 6.61 Å². The van der Waals surface area contributed by atoms with E-state index in [2.05, 4.69) is 26.8 Å². The molecule has 0 N–H and O–H groups in total. The van der Waals surface area contributed by atoms with Gasteiger partial charge in [-0.25, -0.2) is 4.39 Å². The zero-order valence-electron chi connectivity index (χ0n) is 19.2. The number of benzene rings is 1. The molecule has 0 heterocycles. The second-order valence-corrected chi connectivity index (χ2v) is 9.68. The summed E-state index contributed by atoms with van der Waals surface area (Å²) in [6, 6.07) is 3.21. The first-order valence-electron chi connectivity index (χ1n) is 11.9. The molecule has 0 saturated heterocycles. The minimum absolute atomic E-state index is 0.0109. The van der Waals surface area contributed by atoms with Crippen molar-refractivity contribution in [2.45, 2.75) is 85.5 Å². The van der Waals surface area contributed by atoms with Gasteiger partial charge in [0.1, 0.15) is 0 Å². The highest BCUT2D eigenvalue weighted by molar-refractivity contribution is 5.71.